The SMILES string of the molecule is N=C(N)c1ccc(C(=O)NC[C@@H]2CCc3c(Cl)nc(NC4CCC4)c(=O)n32)cc1. The fraction of sp³-hybridized carbons (Fsp3) is 0.400. The number of aromatic nitrogens is 2. The summed E-state index contributed by atoms with van der Waals surface area (Å²) in [4.78, 5) is 29.7. The van der Waals surface area contributed by atoms with Crippen molar-refractivity contribution < 1.29 is 4.79 Å². The third-order valence-electron chi connectivity index (χ3n) is 5.64. The molecule has 8 nitrogen and oxygen atoms in total. The molecule has 0 spiro atoms. The first-order valence-electron chi connectivity index (χ1n) is 9.74. The van der Waals surface area contributed by atoms with Gasteiger partial charge in [0.05, 0.1) is 11.7 Å². The molecule has 5 N–H and O–H groups in total. The third kappa shape index (κ3) is 3.85. The number of fused-ring (bicyclic) bond motifs is 1. The number of hydrogen-bond donors (Lipinski definition) is 4. The van der Waals surface area contributed by atoms with Gasteiger partial charge in [0.25, 0.3) is 11.5 Å². The maximum atomic E-state index is 12.9. The zero-order valence-corrected chi connectivity index (χ0v) is 16.6. The number of rotatable bonds is 6. The van der Waals surface area contributed by atoms with Crippen LogP contribution in [-0.4, -0.2) is 33.9 Å². The van der Waals surface area contributed by atoms with E-state index in [4.69, 9.17) is 22.7 Å². The Morgan fingerprint density at radius 1 is 1.24 bits per heavy atom. The summed E-state index contributed by atoms with van der Waals surface area (Å²) in [6.07, 6.45) is 4.58. The van der Waals surface area contributed by atoms with Crippen LogP contribution in [0.1, 0.15) is 53.3 Å². The second-order valence-electron chi connectivity index (χ2n) is 7.54. The Labute approximate surface area is 173 Å². The molecule has 29 heavy (non-hydrogen) atoms. The number of carbonyl (C=O) groups excluding carboxylic acids is 1. The number of anilines is 1. The van der Waals surface area contributed by atoms with Crippen LogP contribution < -0.4 is 21.9 Å². The lowest BCUT2D eigenvalue weighted by Gasteiger charge is -2.27. The smallest absolute Gasteiger partial charge is 0.293 e. The Hall–Kier alpha value is -2.87. The van der Waals surface area contributed by atoms with Crippen LogP contribution in [0.5, 0.6) is 0 Å². The maximum absolute atomic E-state index is 12.9. The van der Waals surface area contributed by atoms with E-state index in [1.54, 1.807) is 28.8 Å². The van der Waals surface area contributed by atoms with E-state index in [2.05, 4.69) is 15.6 Å². The minimum atomic E-state index is -0.241. The average molecular weight is 415 g/mol. The molecule has 2 aromatic rings. The van der Waals surface area contributed by atoms with Gasteiger partial charge in [0.1, 0.15) is 5.84 Å². The Morgan fingerprint density at radius 2 is 1.93 bits per heavy atom. The van der Waals surface area contributed by atoms with Crippen molar-refractivity contribution in [1.82, 2.24) is 14.9 Å². The predicted octanol–water partition coefficient (Wildman–Crippen LogP) is 2.06. The molecule has 1 fully saturated rings. The molecule has 1 saturated carbocycles. The zero-order chi connectivity index (χ0) is 20.5. The first-order valence-corrected chi connectivity index (χ1v) is 10.1. The Kier molecular flexibility index (Phi) is 5.27. The topological polar surface area (TPSA) is 126 Å². The highest BCUT2D eigenvalue weighted by atomic mass is 35.5. The summed E-state index contributed by atoms with van der Waals surface area (Å²) in [5.74, 6) is 0.00627. The van der Waals surface area contributed by atoms with Crippen LogP contribution in [0.4, 0.5) is 5.82 Å². The molecule has 1 aromatic heterocycles. The molecule has 1 aromatic carbocycles. The van der Waals surface area contributed by atoms with E-state index in [1.807, 2.05) is 0 Å². The molecule has 1 atom stereocenters. The second-order valence-corrected chi connectivity index (χ2v) is 7.90. The highest BCUT2D eigenvalue weighted by Gasteiger charge is 2.29. The number of carbonyl (C=O) groups is 1. The lowest BCUT2D eigenvalue weighted by atomic mass is 9.93. The van der Waals surface area contributed by atoms with E-state index < -0.39 is 0 Å². The van der Waals surface area contributed by atoms with E-state index in [-0.39, 0.29) is 29.4 Å². The number of hydrogen-bond acceptors (Lipinski definition) is 5. The van der Waals surface area contributed by atoms with Gasteiger partial charge in [0.2, 0.25) is 0 Å². The van der Waals surface area contributed by atoms with Crippen LogP contribution in [0.2, 0.25) is 5.15 Å². The number of nitrogens with one attached hydrogen (secondary N) is 3. The lowest BCUT2D eigenvalue weighted by Crippen LogP contribution is -2.37. The minimum absolute atomic E-state index is 0.0456. The van der Waals surface area contributed by atoms with Crippen molar-refractivity contribution in [3.8, 4) is 0 Å². The van der Waals surface area contributed by atoms with Crippen LogP contribution in [-0.2, 0) is 6.42 Å². The number of nitrogens with two attached hydrogens (primary N) is 1. The van der Waals surface area contributed by atoms with Crippen molar-refractivity contribution in [2.24, 2.45) is 5.73 Å². The fourth-order valence-corrected chi connectivity index (χ4v) is 4.01. The van der Waals surface area contributed by atoms with Crippen LogP contribution >= 0.6 is 11.6 Å². The molecule has 9 heteroatoms. The molecule has 152 valence electrons. The van der Waals surface area contributed by atoms with E-state index in [0.717, 1.165) is 25.0 Å². The molecular weight excluding hydrogens is 392 g/mol. The van der Waals surface area contributed by atoms with Gasteiger partial charge in [-0.25, -0.2) is 4.98 Å². The van der Waals surface area contributed by atoms with Crippen LogP contribution in [0.3, 0.4) is 0 Å². The normalized spacial score (nSPS) is 18.0. The van der Waals surface area contributed by atoms with Gasteiger partial charge in [0, 0.05) is 23.7 Å². The van der Waals surface area contributed by atoms with Crippen molar-refractivity contribution in [3.63, 3.8) is 0 Å². The van der Waals surface area contributed by atoms with E-state index in [9.17, 15) is 9.59 Å². The van der Waals surface area contributed by atoms with E-state index >= 15 is 0 Å². The zero-order valence-electron chi connectivity index (χ0n) is 15.9. The van der Waals surface area contributed by atoms with Gasteiger partial charge in [-0.15, -0.1) is 0 Å². The number of amides is 1. The largest absolute Gasteiger partial charge is 0.384 e. The molecule has 1 amide bonds. The summed E-state index contributed by atoms with van der Waals surface area (Å²) in [7, 11) is 0. The van der Waals surface area contributed by atoms with Crippen LogP contribution in [0.15, 0.2) is 29.1 Å². The molecule has 4 rings (SSSR count). The van der Waals surface area contributed by atoms with Gasteiger partial charge in [0.15, 0.2) is 11.0 Å². The molecule has 2 heterocycles. The molecule has 0 bridgehead atoms. The van der Waals surface area contributed by atoms with Gasteiger partial charge < -0.3 is 20.9 Å². The predicted molar refractivity (Wildman–Crippen MR) is 112 cm³/mol. The molecule has 0 saturated heterocycles. The van der Waals surface area contributed by atoms with E-state index in [1.165, 1.54) is 0 Å². The van der Waals surface area contributed by atoms with Crippen molar-refractivity contribution in [3.05, 3.63) is 56.6 Å². The standard InChI is InChI=1S/C20H23ClN6O2/c21-16-15-9-8-14(27(15)20(29)18(26-16)25-13-2-1-3-13)10-24-19(28)12-6-4-11(5-7-12)17(22)23/h4-7,13-14H,1-3,8-10H2,(H3,22,23)(H,24,28)(H,25,26)/t14-/m0/s1. The first-order chi connectivity index (χ1) is 13.9. The highest BCUT2D eigenvalue weighted by Crippen LogP contribution is 2.29. The molecular formula is C20H23ClN6O2. The van der Waals surface area contributed by atoms with Crippen molar-refractivity contribution >= 4 is 29.2 Å². The lowest BCUT2D eigenvalue weighted by molar-refractivity contribution is 0.0948. The molecule has 0 radical (unpaired) electrons. The van der Waals surface area contributed by atoms with Gasteiger partial charge >= 0.3 is 0 Å². The molecule has 0 unspecified atom stereocenters. The Balaban J connectivity index is 1.48. The minimum Gasteiger partial charge on any atom is -0.384 e. The highest BCUT2D eigenvalue weighted by molar-refractivity contribution is 6.30. The van der Waals surface area contributed by atoms with Crippen molar-refractivity contribution in [2.45, 2.75) is 44.2 Å². The number of amidine groups is 1. The van der Waals surface area contributed by atoms with E-state index in [0.29, 0.717) is 41.5 Å². The second kappa shape index (κ2) is 7.87. The molecule has 2 aliphatic rings. The first kappa shape index (κ1) is 19.4. The Bertz CT molecular complexity index is 1010. The number of benzene rings is 1. The monoisotopic (exact) mass is 414 g/mol. The average Bonchev–Trinajstić information content (AvgIpc) is 3.11. The Morgan fingerprint density at radius 3 is 2.55 bits per heavy atom. The van der Waals surface area contributed by atoms with Gasteiger partial charge in [-0.3, -0.25) is 15.0 Å². The van der Waals surface area contributed by atoms with Gasteiger partial charge in [-0.05, 0) is 44.2 Å². The fourth-order valence-electron chi connectivity index (χ4n) is 3.74. The summed E-state index contributed by atoms with van der Waals surface area (Å²) >= 11 is 6.33. The molecule has 1 aliphatic carbocycles. The summed E-state index contributed by atoms with van der Waals surface area (Å²) in [5.41, 5.74) is 7.01. The number of nitrogens with zero attached hydrogens (tertiary/aromatic N) is 2. The summed E-state index contributed by atoms with van der Waals surface area (Å²) in [5, 5.41) is 13.9. The summed E-state index contributed by atoms with van der Waals surface area (Å²) in [6, 6.07) is 6.64. The summed E-state index contributed by atoms with van der Waals surface area (Å²) < 4.78 is 1.68. The van der Waals surface area contributed by atoms with Crippen LogP contribution in [0, 0.1) is 5.41 Å². The van der Waals surface area contributed by atoms with Crippen LogP contribution in [0.25, 0.3) is 0 Å². The number of halogens is 1. The third-order valence-corrected chi connectivity index (χ3v) is 5.94. The van der Waals surface area contributed by atoms with Crippen molar-refractivity contribution in [1.29, 1.82) is 5.41 Å². The van der Waals surface area contributed by atoms with Gasteiger partial charge in [-0.1, -0.05) is 23.7 Å². The number of nitrogen functional groups attached to an aromatic ring is 1. The quantitative estimate of drug-likeness (QED) is 0.425. The maximum Gasteiger partial charge on any atom is 0.293 e. The summed E-state index contributed by atoms with van der Waals surface area (Å²) in [6.45, 7) is 0.323. The molecule has 1 aliphatic heterocycles. The van der Waals surface area contributed by atoms with Crippen molar-refractivity contribution in [2.75, 3.05) is 11.9 Å². The van der Waals surface area contributed by atoms with Gasteiger partial charge in [-0.2, -0.15) is 0 Å².